The second-order valence-electron chi connectivity index (χ2n) is 8.00. The Morgan fingerprint density at radius 2 is 2.00 bits per heavy atom. The van der Waals surface area contributed by atoms with Crippen LogP contribution in [0, 0.1) is 5.92 Å². The fraction of sp³-hybridized carbons (Fsp3) is 0.700. The molecule has 2 aliphatic heterocycles. The lowest BCUT2D eigenvalue weighted by molar-refractivity contribution is -0.123. The Labute approximate surface area is 171 Å². The van der Waals surface area contributed by atoms with Crippen LogP contribution in [0.2, 0.25) is 0 Å². The van der Waals surface area contributed by atoms with Crippen LogP contribution in [-0.4, -0.2) is 98.1 Å². The highest BCUT2D eigenvalue weighted by Crippen LogP contribution is 2.14. The maximum absolute atomic E-state index is 12.4. The number of thiophene rings is 1. The Kier molecular flexibility index (Phi) is 7.84. The molecule has 2 saturated heterocycles. The molecule has 28 heavy (non-hydrogen) atoms. The number of carbonyl (C=O) groups is 2. The molecule has 1 atom stereocenters. The quantitative estimate of drug-likeness (QED) is 0.729. The lowest BCUT2D eigenvalue weighted by atomic mass is 10.2. The number of amides is 2. The molecule has 2 fully saturated rings. The normalized spacial score (nSPS) is 21.8. The van der Waals surface area contributed by atoms with Crippen molar-refractivity contribution in [1.82, 2.24) is 20.0 Å². The Hall–Kier alpha value is -1.48. The monoisotopic (exact) mass is 408 g/mol. The summed E-state index contributed by atoms with van der Waals surface area (Å²) in [6.45, 7) is 11.8. The molecule has 2 aliphatic rings. The summed E-state index contributed by atoms with van der Waals surface area (Å²) < 4.78 is 5.79. The molecule has 3 rings (SSSR count). The highest BCUT2D eigenvalue weighted by Gasteiger charge is 2.25. The zero-order chi connectivity index (χ0) is 19.9. The van der Waals surface area contributed by atoms with Crippen LogP contribution < -0.4 is 5.32 Å². The van der Waals surface area contributed by atoms with Gasteiger partial charge in [-0.05, 0) is 17.4 Å². The van der Waals surface area contributed by atoms with Gasteiger partial charge < -0.3 is 15.0 Å². The third kappa shape index (κ3) is 6.27. The zero-order valence-corrected chi connectivity index (χ0v) is 17.7. The Morgan fingerprint density at radius 1 is 1.21 bits per heavy atom. The van der Waals surface area contributed by atoms with Crippen molar-refractivity contribution in [2.45, 2.75) is 20.0 Å². The SMILES string of the molecule is CC(C)CN1CCOC(CNC(=O)CN2CCN(C(=O)c3cccs3)CC2)C1. The number of hydrogen-bond donors (Lipinski definition) is 1. The molecule has 3 heterocycles. The van der Waals surface area contributed by atoms with Crippen molar-refractivity contribution in [3.05, 3.63) is 22.4 Å². The van der Waals surface area contributed by atoms with E-state index in [-0.39, 0.29) is 17.9 Å². The number of nitrogens with one attached hydrogen (secondary N) is 1. The fourth-order valence-electron chi connectivity index (χ4n) is 3.74. The summed E-state index contributed by atoms with van der Waals surface area (Å²) in [6, 6.07) is 3.76. The van der Waals surface area contributed by atoms with E-state index in [9.17, 15) is 9.59 Å². The van der Waals surface area contributed by atoms with E-state index in [1.807, 2.05) is 22.4 Å². The minimum absolute atomic E-state index is 0.0302. The van der Waals surface area contributed by atoms with Crippen molar-refractivity contribution < 1.29 is 14.3 Å². The molecule has 1 unspecified atom stereocenters. The predicted molar refractivity (Wildman–Crippen MR) is 111 cm³/mol. The number of ether oxygens (including phenoxy) is 1. The van der Waals surface area contributed by atoms with Crippen molar-refractivity contribution in [1.29, 1.82) is 0 Å². The number of carbonyl (C=O) groups excluding carboxylic acids is 2. The first-order valence-corrected chi connectivity index (χ1v) is 11.0. The van der Waals surface area contributed by atoms with Crippen LogP contribution in [0.1, 0.15) is 23.5 Å². The lowest BCUT2D eigenvalue weighted by Gasteiger charge is -2.35. The van der Waals surface area contributed by atoms with Gasteiger partial charge in [0.05, 0.1) is 24.1 Å². The highest BCUT2D eigenvalue weighted by molar-refractivity contribution is 7.12. The summed E-state index contributed by atoms with van der Waals surface area (Å²) in [5.41, 5.74) is 0. The van der Waals surface area contributed by atoms with Gasteiger partial charge in [0, 0.05) is 52.4 Å². The molecule has 0 bridgehead atoms. The molecule has 1 aromatic rings. The number of nitrogens with zero attached hydrogens (tertiary/aromatic N) is 3. The number of hydrogen-bond acceptors (Lipinski definition) is 6. The van der Waals surface area contributed by atoms with Gasteiger partial charge in [0.1, 0.15) is 0 Å². The van der Waals surface area contributed by atoms with Gasteiger partial charge in [-0.3, -0.25) is 19.4 Å². The van der Waals surface area contributed by atoms with Crippen molar-refractivity contribution in [2.75, 3.05) is 65.5 Å². The summed E-state index contributed by atoms with van der Waals surface area (Å²) in [7, 11) is 0. The van der Waals surface area contributed by atoms with Gasteiger partial charge in [0.25, 0.3) is 5.91 Å². The maximum atomic E-state index is 12.4. The van der Waals surface area contributed by atoms with Gasteiger partial charge in [-0.15, -0.1) is 11.3 Å². The highest BCUT2D eigenvalue weighted by atomic mass is 32.1. The van der Waals surface area contributed by atoms with Crippen LogP contribution in [0.5, 0.6) is 0 Å². The first-order valence-electron chi connectivity index (χ1n) is 10.2. The second-order valence-corrected chi connectivity index (χ2v) is 8.94. The topological polar surface area (TPSA) is 65.1 Å². The molecule has 1 N–H and O–H groups in total. The summed E-state index contributed by atoms with van der Waals surface area (Å²) in [5.74, 6) is 0.765. The molecule has 8 heteroatoms. The first kappa shape index (κ1) is 21.2. The minimum atomic E-state index is 0.0302. The smallest absolute Gasteiger partial charge is 0.264 e. The van der Waals surface area contributed by atoms with Crippen LogP contribution in [0.25, 0.3) is 0 Å². The van der Waals surface area contributed by atoms with Gasteiger partial charge in [-0.25, -0.2) is 0 Å². The van der Waals surface area contributed by atoms with E-state index in [1.54, 1.807) is 0 Å². The summed E-state index contributed by atoms with van der Waals surface area (Å²) in [4.78, 5) is 31.9. The Bertz CT molecular complexity index is 629. The minimum Gasteiger partial charge on any atom is -0.374 e. The van der Waals surface area contributed by atoms with Crippen LogP contribution >= 0.6 is 11.3 Å². The van der Waals surface area contributed by atoms with Gasteiger partial charge >= 0.3 is 0 Å². The van der Waals surface area contributed by atoms with Crippen LogP contribution in [0.4, 0.5) is 0 Å². The zero-order valence-electron chi connectivity index (χ0n) is 16.9. The Morgan fingerprint density at radius 3 is 2.68 bits per heavy atom. The molecule has 156 valence electrons. The molecule has 0 spiro atoms. The predicted octanol–water partition coefficient (Wildman–Crippen LogP) is 0.979. The van der Waals surface area contributed by atoms with Crippen molar-refractivity contribution in [2.24, 2.45) is 5.92 Å². The molecule has 0 aliphatic carbocycles. The van der Waals surface area contributed by atoms with E-state index in [2.05, 4.69) is 29.0 Å². The maximum Gasteiger partial charge on any atom is 0.264 e. The van der Waals surface area contributed by atoms with E-state index >= 15 is 0 Å². The lowest BCUT2D eigenvalue weighted by Crippen LogP contribution is -2.52. The molecule has 2 amide bonds. The van der Waals surface area contributed by atoms with E-state index in [0.717, 1.165) is 44.2 Å². The average Bonchev–Trinajstić information content (AvgIpc) is 3.21. The molecule has 0 saturated carbocycles. The van der Waals surface area contributed by atoms with Gasteiger partial charge in [0.15, 0.2) is 0 Å². The van der Waals surface area contributed by atoms with Crippen LogP contribution in [0.15, 0.2) is 17.5 Å². The van der Waals surface area contributed by atoms with Crippen molar-refractivity contribution in [3.8, 4) is 0 Å². The molecular formula is C20H32N4O3S. The van der Waals surface area contributed by atoms with E-state index in [1.165, 1.54) is 11.3 Å². The summed E-state index contributed by atoms with van der Waals surface area (Å²) in [5, 5.41) is 4.94. The largest absolute Gasteiger partial charge is 0.374 e. The molecule has 1 aromatic heterocycles. The summed E-state index contributed by atoms with van der Waals surface area (Å²) >= 11 is 1.48. The van der Waals surface area contributed by atoms with E-state index in [0.29, 0.717) is 32.1 Å². The number of piperazine rings is 1. The van der Waals surface area contributed by atoms with Crippen LogP contribution in [0.3, 0.4) is 0 Å². The molecule has 0 aromatic carbocycles. The van der Waals surface area contributed by atoms with E-state index in [4.69, 9.17) is 4.74 Å². The number of rotatable bonds is 7. The Balaban J connectivity index is 1.34. The average molecular weight is 409 g/mol. The van der Waals surface area contributed by atoms with Crippen molar-refractivity contribution >= 4 is 23.2 Å². The number of morpholine rings is 1. The first-order chi connectivity index (χ1) is 13.5. The molecule has 7 nitrogen and oxygen atoms in total. The molecular weight excluding hydrogens is 376 g/mol. The van der Waals surface area contributed by atoms with Crippen molar-refractivity contribution in [3.63, 3.8) is 0 Å². The standard InChI is InChI=1S/C20H32N4O3S/c1-16(2)13-23-9-10-27-17(14-23)12-21-19(25)15-22-5-7-24(8-6-22)20(26)18-4-3-11-28-18/h3-4,11,16-17H,5-10,12-15H2,1-2H3,(H,21,25). The second kappa shape index (κ2) is 10.3. The summed E-state index contributed by atoms with van der Waals surface area (Å²) in [6.07, 6.45) is 0.0664. The van der Waals surface area contributed by atoms with Gasteiger partial charge in [0.2, 0.25) is 5.91 Å². The van der Waals surface area contributed by atoms with Gasteiger partial charge in [-0.2, -0.15) is 0 Å². The van der Waals surface area contributed by atoms with Gasteiger partial charge in [-0.1, -0.05) is 19.9 Å². The van der Waals surface area contributed by atoms with Crippen LogP contribution in [-0.2, 0) is 9.53 Å². The fourth-order valence-corrected chi connectivity index (χ4v) is 4.43. The third-order valence-electron chi connectivity index (χ3n) is 5.13. The third-order valence-corrected chi connectivity index (χ3v) is 5.99. The molecule has 0 radical (unpaired) electrons. The van der Waals surface area contributed by atoms with E-state index < -0.39 is 0 Å².